The van der Waals surface area contributed by atoms with Gasteiger partial charge in [-0.25, -0.2) is 0 Å². The zero-order valence-electron chi connectivity index (χ0n) is 10.3. The molecule has 0 aliphatic carbocycles. The molecule has 0 bridgehead atoms. The maximum Gasteiger partial charge on any atom is 0.148 e. The summed E-state index contributed by atoms with van der Waals surface area (Å²) >= 11 is 0. The van der Waals surface area contributed by atoms with Gasteiger partial charge in [0.25, 0.3) is 0 Å². The first-order chi connectivity index (χ1) is 8.38. The highest BCUT2D eigenvalue weighted by molar-refractivity contribution is 5.32. The van der Waals surface area contributed by atoms with E-state index in [-0.39, 0.29) is 0 Å². The Morgan fingerprint density at radius 2 is 2.41 bits per heavy atom. The molecule has 1 atom stereocenters. The van der Waals surface area contributed by atoms with Gasteiger partial charge in [0.15, 0.2) is 0 Å². The summed E-state index contributed by atoms with van der Waals surface area (Å²) < 4.78 is 5.40. The second-order valence-electron chi connectivity index (χ2n) is 4.20. The van der Waals surface area contributed by atoms with Gasteiger partial charge >= 0.3 is 0 Å². The van der Waals surface area contributed by atoms with Crippen LogP contribution in [-0.2, 0) is 11.2 Å². The van der Waals surface area contributed by atoms with Crippen LogP contribution in [0.2, 0.25) is 0 Å². The Morgan fingerprint density at radius 1 is 1.47 bits per heavy atom. The number of rotatable bonds is 5. The first-order valence-corrected chi connectivity index (χ1v) is 6.26. The second kappa shape index (κ2) is 6.51. The molecule has 5 nitrogen and oxygen atoms in total. The van der Waals surface area contributed by atoms with Crippen molar-refractivity contribution in [2.75, 3.05) is 31.6 Å². The summed E-state index contributed by atoms with van der Waals surface area (Å²) in [6.07, 6.45) is 1.97. The van der Waals surface area contributed by atoms with Crippen molar-refractivity contribution >= 4 is 5.82 Å². The normalized spacial score (nSPS) is 20.2. The lowest BCUT2D eigenvalue weighted by molar-refractivity contribution is 0.0753. The van der Waals surface area contributed by atoms with E-state index in [0.717, 1.165) is 50.7 Å². The van der Waals surface area contributed by atoms with Crippen LogP contribution in [0.25, 0.3) is 0 Å². The van der Waals surface area contributed by atoms with E-state index in [4.69, 9.17) is 4.74 Å². The van der Waals surface area contributed by atoms with Crippen molar-refractivity contribution in [1.82, 2.24) is 15.5 Å². The fraction of sp³-hybridized carbons (Fsp3) is 0.667. The van der Waals surface area contributed by atoms with Gasteiger partial charge < -0.3 is 15.4 Å². The maximum atomic E-state index is 5.40. The van der Waals surface area contributed by atoms with E-state index >= 15 is 0 Å². The van der Waals surface area contributed by atoms with Crippen LogP contribution in [0, 0.1) is 0 Å². The molecule has 0 spiro atoms. The molecule has 2 N–H and O–H groups in total. The standard InChI is InChI=1S/C12H20N4O/c1-2-10-3-4-12(16-15-10)14-6-5-11-9-17-8-7-13-11/h3-4,11,13H,2,5-9H2,1H3,(H,14,16). The van der Waals surface area contributed by atoms with Gasteiger partial charge in [0.05, 0.1) is 18.9 Å². The van der Waals surface area contributed by atoms with E-state index in [2.05, 4.69) is 27.8 Å². The number of aryl methyl sites for hydroxylation is 1. The number of nitrogens with one attached hydrogen (secondary N) is 2. The summed E-state index contributed by atoms with van der Waals surface area (Å²) in [5, 5.41) is 14.9. The van der Waals surface area contributed by atoms with Gasteiger partial charge in [-0.1, -0.05) is 6.92 Å². The van der Waals surface area contributed by atoms with E-state index in [1.165, 1.54) is 0 Å². The molecular formula is C12H20N4O. The van der Waals surface area contributed by atoms with Crippen LogP contribution in [0.5, 0.6) is 0 Å². The Morgan fingerprint density at radius 3 is 3.06 bits per heavy atom. The molecule has 1 aromatic rings. The molecule has 1 fully saturated rings. The van der Waals surface area contributed by atoms with Gasteiger partial charge in [-0.15, -0.1) is 5.10 Å². The van der Waals surface area contributed by atoms with Crippen LogP contribution < -0.4 is 10.6 Å². The predicted molar refractivity (Wildman–Crippen MR) is 67.1 cm³/mol. The van der Waals surface area contributed by atoms with Crippen molar-refractivity contribution in [3.05, 3.63) is 17.8 Å². The number of nitrogens with zero attached hydrogens (tertiary/aromatic N) is 2. The highest BCUT2D eigenvalue weighted by atomic mass is 16.5. The summed E-state index contributed by atoms with van der Waals surface area (Å²) in [4.78, 5) is 0. The minimum atomic E-state index is 0.458. The molecule has 2 rings (SSSR count). The molecule has 2 heterocycles. The topological polar surface area (TPSA) is 59.1 Å². The molecule has 5 heteroatoms. The molecular weight excluding hydrogens is 216 g/mol. The lowest BCUT2D eigenvalue weighted by Gasteiger charge is -2.23. The van der Waals surface area contributed by atoms with Crippen molar-refractivity contribution in [2.24, 2.45) is 0 Å². The minimum Gasteiger partial charge on any atom is -0.379 e. The van der Waals surface area contributed by atoms with Gasteiger partial charge in [-0.3, -0.25) is 0 Å². The van der Waals surface area contributed by atoms with E-state index in [9.17, 15) is 0 Å². The summed E-state index contributed by atoms with van der Waals surface area (Å²) in [5.74, 6) is 0.846. The average molecular weight is 236 g/mol. The molecule has 0 aromatic carbocycles. The number of morpholine rings is 1. The first kappa shape index (κ1) is 12.3. The van der Waals surface area contributed by atoms with Crippen molar-refractivity contribution in [3.63, 3.8) is 0 Å². The largest absolute Gasteiger partial charge is 0.379 e. The van der Waals surface area contributed by atoms with E-state index in [1.807, 2.05) is 12.1 Å². The number of hydrogen-bond acceptors (Lipinski definition) is 5. The Hall–Kier alpha value is -1.20. The average Bonchev–Trinajstić information content (AvgIpc) is 2.41. The van der Waals surface area contributed by atoms with Crippen molar-refractivity contribution in [2.45, 2.75) is 25.8 Å². The molecule has 1 aliphatic rings. The lowest BCUT2D eigenvalue weighted by Crippen LogP contribution is -2.42. The van der Waals surface area contributed by atoms with Crippen LogP contribution in [0.4, 0.5) is 5.82 Å². The van der Waals surface area contributed by atoms with Crippen LogP contribution >= 0.6 is 0 Å². The predicted octanol–water partition coefficient (Wildman–Crippen LogP) is 0.829. The third kappa shape index (κ3) is 3.94. The zero-order valence-corrected chi connectivity index (χ0v) is 10.3. The van der Waals surface area contributed by atoms with Crippen molar-refractivity contribution < 1.29 is 4.74 Å². The Bertz CT molecular complexity index is 322. The number of hydrogen-bond donors (Lipinski definition) is 2. The molecule has 17 heavy (non-hydrogen) atoms. The fourth-order valence-corrected chi connectivity index (χ4v) is 1.82. The Balaban J connectivity index is 1.69. The Labute approximate surface area is 102 Å². The highest BCUT2D eigenvalue weighted by Gasteiger charge is 2.11. The SMILES string of the molecule is CCc1ccc(NCCC2COCCN2)nn1. The number of aromatic nitrogens is 2. The molecule has 1 saturated heterocycles. The lowest BCUT2D eigenvalue weighted by atomic mass is 10.2. The van der Waals surface area contributed by atoms with Crippen LogP contribution in [0.3, 0.4) is 0 Å². The minimum absolute atomic E-state index is 0.458. The fourth-order valence-electron chi connectivity index (χ4n) is 1.82. The van der Waals surface area contributed by atoms with Crippen molar-refractivity contribution in [3.8, 4) is 0 Å². The van der Waals surface area contributed by atoms with Crippen LogP contribution in [0.1, 0.15) is 19.0 Å². The molecule has 1 aliphatic heterocycles. The second-order valence-corrected chi connectivity index (χ2v) is 4.20. The van der Waals surface area contributed by atoms with Crippen molar-refractivity contribution in [1.29, 1.82) is 0 Å². The van der Waals surface area contributed by atoms with E-state index in [0.29, 0.717) is 6.04 Å². The summed E-state index contributed by atoms with van der Waals surface area (Å²) in [5.41, 5.74) is 1.03. The summed E-state index contributed by atoms with van der Waals surface area (Å²) in [6.45, 7) is 5.55. The molecule has 0 radical (unpaired) electrons. The summed E-state index contributed by atoms with van der Waals surface area (Å²) in [6, 6.07) is 4.45. The molecule has 0 saturated carbocycles. The van der Waals surface area contributed by atoms with E-state index in [1.54, 1.807) is 0 Å². The number of anilines is 1. The molecule has 0 amide bonds. The summed E-state index contributed by atoms with van der Waals surface area (Å²) in [7, 11) is 0. The van der Waals surface area contributed by atoms with E-state index < -0.39 is 0 Å². The van der Waals surface area contributed by atoms with Gasteiger partial charge in [0.1, 0.15) is 5.82 Å². The van der Waals surface area contributed by atoms with Crippen LogP contribution in [-0.4, -0.2) is 42.5 Å². The third-order valence-electron chi connectivity index (χ3n) is 2.88. The molecule has 1 aromatic heterocycles. The number of ether oxygens (including phenoxy) is 1. The third-order valence-corrected chi connectivity index (χ3v) is 2.88. The quantitative estimate of drug-likeness (QED) is 0.793. The van der Waals surface area contributed by atoms with Gasteiger partial charge in [0, 0.05) is 19.1 Å². The smallest absolute Gasteiger partial charge is 0.148 e. The molecule has 94 valence electrons. The van der Waals surface area contributed by atoms with Gasteiger partial charge in [0.2, 0.25) is 0 Å². The van der Waals surface area contributed by atoms with Crippen LogP contribution in [0.15, 0.2) is 12.1 Å². The van der Waals surface area contributed by atoms with Gasteiger partial charge in [-0.2, -0.15) is 5.10 Å². The monoisotopic (exact) mass is 236 g/mol. The zero-order chi connectivity index (χ0) is 11.9. The molecule has 1 unspecified atom stereocenters. The van der Waals surface area contributed by atoms with Gasteiger partial charge in [-0.05, 0) is 25.0 Å². The first-order valence-electron chi connectivity index (χ1n) is 6.26. The maximum absolute atomic E-state index is 5.40. The Kier molecular flexibility index (Phi) is 4.70. The highest BCUT2D eigenvalue weighted by Crippen LogP contribution is 2.04.